The van der Waals surface area contributed by atoms with Crippen molar-refractivity contribution in [2.24, 2.45) is 5.73 Å². The largest absolute Gasteiger partial charge is 0.330 e. The number of sulfonamides is 1. The smallest absolute Gasteiger partial charge is 0.232 e. The lowest BCUT2D eigenvalue weighted by atomic mass is 10.3. The molecule has 1 rings (SSSR count). The zero-order chi connectivity index (χ0) is 13.8. The maximum atomic E-state index is 13.3. The molecule has 18 heavy (non-hydrogen) atoms. The fourth-order valence-electron chi connectivity index (χ4n) is 1.26. The first-order chi connectivity index (χ1) is 8.35. The maximum Gasteiger partial charge on any atom is 0.232 e. The summed E-state index contributed by atoms with van der Waals surface area (Å²) in [6.45, 7) is 0.395. The van der Waals surface area contributed by atoms with Gasteiger partial charge >= 0.3 is 0 Å². The number of nitrogens with two attached hydrogens (primary N) is 1. The van der Waals surface area contributed by atoms with E-state index in [0.29, 0.717) is 25.5 Å². The van der Waals surface area contributed by atoms with E-state index in [4.69, 9.17) is 5.73 Å². The Balaban J connectivity index is 2.81. The van der Waals surface area contributed by atoms with Crippen molar-refractivity contribution >= 4 is 31.6 Å². The van der Waals surface area contributed by atoms with E-state index in [2.05, 4.69) is 20.7 Å². The Bertz CT molecular complexity index is 523. The molecule has 0 saturated carbocycles. The normalized spacial score (nSPS) is 11.6. The molecule has 1 aromatic rings. The summed E-state index contributed by atoms with van der Waals surface area (Å²) in [7, 11) is -3.65. The lowest BCUT2D eigenvalue weighted by Gasteiger charge is -2.09. The van der Waals surface area contributed by atoms with Crippen molar-refractivity contribution < 1.29 is 17.2 Å². The number of hydrogen-bond donors (Lipinski definition) is 2. The van der Waals surface area contributed by atoms with Gasteiger partial charge in [0, 0.05) is 6.07 Å². The molecule has 0 saturated heterocycles. The Hall–Kier alpha value is -0.730. The number of nitrogens with one attached hydrogen (secondary N) is 1. The number of halogens is 3. The minimum Gasteiger partial charge on any atom is -0.330 e. The van der Waals surface area contributed by atoms with Gasteiger partial charge in [0.05, 0.1) is 15.9 Å². The van der Waals surface area contributed by atoms with E-state index < -0.39 is 21.7 Å². The molecule has 0 spiro atoms. The van der Waals surface area contributed by atoms with Gasteiger partial charge in [-0.2, -0.15) is 0 Å². The molecule has 8 heteroatoms. The summed E-state index contributed by atoms with van der Waals surface area (Å²) in [6, 6.07) is 1.66. The first kappa shape index (κ1) is 15.3. The van der Waals surface area contributed by atoms with Crippen LogP contribution in [-0.2, 0) is 10.0 Å². The van der Waals surface area contributed by atoms with Crippen LogP contribution in [0.5, 0.6) is 0 Å². The van der Waals surface area contributed by atoms with Crippen LogP contribution < -0.4 is 10.5 Å². The van der Waals surface area contributed by atoms with Gasteiger partial charge in [-0.05, 0) is 41.4 Å². The van der Waals surface area contributed by atoms with Crippen LogP contribution in [0.4, 0.5) is 14.5 Å². The summed E-state index contributed by atoms with van der Waals surface area (Å²) >= 11 is 2.86. The summed E-state index contributed by atoms with van der Waals surface area (Å²) < 4.78 is 51.6. The first-order valence-corrected chi connectivity index (χ1v) is 7.65. The van der Waals surface area contributed by atoms with Crippen LogP contribution >= 0.6 is 15.9 Å². The third-order valence-electron chi connectivity index (χ3n) is 2.14. The molecule has 102 valence electrons. The third kappa shape index (κ3) is 4.51. The van der Waals surface area contributed by atoms with Gasteiger partial charge in [-0.15, -0.1) is 0 Å². The highest BCUT2D eigenvalue weighted by molar-refractivity contribution is 9.10. The van der Waals surface area contributed by atoms with Crippen molar-refractivity contribution in [2.75, 3.05) is 17.0 Å². The fourth-order valence-corrected chi connectivity index (χ4v) is 2.78. The predicted molar refractivity (Wildman–Crippen MR) is 69.8 cm³/mol. The predicted octanol–water partition coefficient (Wildman–Crippen LogP) is 2.21. The SMILES string of the molecule is NCCCCS(=O)(=O)Nc1cc(Br)c(F)cc1F. The summed E-state index contributed by atoms with van der Waals surface area (Å²) in [6.07, 6.45) is 0.951. The van der Waals surface area contributed by atoms with Crippen molar-refractivity contribution in [1.29, 1.82) is 0 Å². The van der Waals surface area contributed by atoms with E-state index >= 15 is 0 Å². The minimum atomic E-state index is -3.65. The Labute approximate surface area is 113 Å². The van der Waals surface area contributed by atoms with E-state index in [1.165, 1.54) is 0 Å². The minimum absolute atomic E-state index is 0.0106. The van der Waals surface area contributed by atoms with Crippen LogP contribution in [0.25, 0.3) is 0 Å². The van der Waals surface area contributed by atoms with Gasteiger partial charge in [0.2, 0.25) is 10.0 Å². The summed E-state index contributed by atoms with van der Waals surface area (Å²) in [5.41, 5.74) is 4.97. The molecule has 0 bridgehead atoms. The number of anilines is 1. The fraction of sp³-hybridized carbons (Fsp3) is 0.400. The summed E-state index contributed by atoms with van der Waals surface area (Å²) in [5, 5.41) is 0. The summed E-state index contributed by atoms with van der Waals surface area (Å²) in [4.78, 5) is 0. The molecule has 0 aliphatic carbocycles. The quantitative estimate of drug-likeness (QED) is 0.614. The molecule has 4 nitrogen and oxygen atoms in total. The van der Waals surface area contributed by atoms with Gasteiger partial charge in [-0.25, -0.2) is 17.2 Å². The molecule has 0 aliphatic rings. The van der Waals surface area contributed by atoms with Crippen molar-refractivity contribution in [3.8, 4) is 0 Å². The zero-order valence-electron chi connectivity index (χ0n) is 9.42. The van der Waals surface area contributed by atoms with Gasteiger partial charge in [0.15, 0.2) is 0 Å². The molecular formula is C10H13BrF2N2O2S. The molecule has 0 atom stereocenters. The molecule has 0 heterocycles. The third-order valence-corrected chi connectivity index (χ3v) is 4.11. The Morgan fingerprint density at radius 1 is 1.22 bits per heavy atom. The van der Waals surface area contributed by atoms with E-state index in [1.54, 1.807) is 0 Å². The van der Waals surface area contributed by atoms with Crippen molar-refractivity contribution in [2.45, 2.75) is 12.8 Å². The van der Waals surface area contributed by atoms with Crippen LogP contribution in [-0.4, -0.2) is 20.7 Å². The molecule has 0 aromatic heterocycles. The molecule has 0 unspecified atom stereocenters. The molecule has 0 radical (unpaired) electrons. The molecule has 1 aromatic carbocycles. The standard InChI is InChI=1S/C10H13BrF2N2O2S/c11-7-5-10(9(13)6-8(7)12)15-18(16,17)4-2-1-3-14/h5-6,15H,1-4,14H2. The number of rotatable bonds is 6. The van der Waals surface area contributed by atoms with E-state index in [1.807, 2.05) is 0 Å². The van der Waals surface area contributed by atoms with Crippen LogP contribution in [0, 0.1) is 11.6 Å². The van der Waals surface area contributed by atoms with Gasteiger partial charge in [-0.3, -0.25) is 4.72 Å². The van der Waals surface area contributed by atoms with Gasteiger partial charge in [0.1, 0.15) is 11.6 Å². The number of unbranched alkanes of at least 4 members (excludes halogenated alkanes) is 1. The second-order valence-electron chi connectivity index (χ2n) is 3.66. The van der Waals surface area contributed by atoms with Crippen molar-refractivity contribution in [3.05, 3.63) is 28.2 Å². The monoisotopic (exact) mass is 342 g/mol. The Morgan fingerprint density at radius 2 is 1.89 bits per heavy atom. The van der Waals surface area contributed by atoms with Crippen LogP contribution in [0.3, 0.4) is 0 Å². The van der Waals surface area contributed by atoms with Gasteiger partial charge < -0.3 is 5.73 Å². The van der Waals surface area contributed by atoms with Gasteiger partial charge in [0.25, 0.3) is 0 Å². The van der Waals surface area contributed by atoms with E-state index in [9.17, 15) is 17.2 Å². The topological polar surface area (TPSA) is 72.2 Å². The molecule has 0 fully saturated rings. The van der Waals surface area contributed by atoms with E-state index in [-0.39, 0.29) is 15.9 Å². The van der Waals surface area contributed by atoms with E-state index in [0.717, 1.165) is 6.07 Å². The van der Waals surface area contributed by atoms with Crippen LogP contribution in [0.2, 0.25) is 0 Å². The number of hydrogen-bond acceptors (Lipinski definition) is 3. The van der Waals surface area contributed by atoms with Crippen molar-refractivity contribution in [3.63, 3.8) is 0 Å². The van der Waals surface area contributed by atoms with Crippen LogP contribution in [0.15, 0.2) is 16.6 Å². The average molecular weight is 343 g/mol. The first-order valence-electron chi connectivity index (χ1n) is 5.21. The molecular weight excluding hydrogens is 330 g/mol. The average Bonchev–Trinajstić information content (AvgIpc) is 2.26. The van der Waals surface area contributed by atoms with Gasteiger partial charge in [-0.1, -0.05) is 0 Å². The zero-order valence-corrected chi connectivity index (χ0v) is 11.8. The second-order valence-corrected chi connectivity index (χ2v) is 6.36. The lowest BCUT2D eigenvalue weighted by molar-refractivity contribution is 0.578. The number of benzene rings is 1. The second kappa shape index (κ2) is 6.44. The summed E-state index contributed by atoms with van der Waals surface area (Å²) in [5.74, 6) is -1.91. The highest BCUT2D eigenvalue weighted by Gasteiger charge is 2.15. The maximum absolute atomic E-state index is 13.3. The molecule has 0 aliphatic heterocycles. The lowest BCUT2D eigenvalue weighted by Crippen LogP contribution is -2.18. The molecule has 3 N–H and O–H groups in total. The molecule has 0 amide bonds. The Kier molecular flexibility index (Phi) is 5.48. The Morgan fingerprint density at radius 3 is 2.50 bits per heavy atom. The highest BCUT2D eigenvalue weighted by atomic mass is 79.9. The van der Waals surface area contributed by atoms with Crippen LogP contribution in [0.1, 0.15) is 12.8 Å². The van der Waals surface area contributed by atoms with Crippen molar-refractivity contribution in [1.82, 2.24) is 0 Å². The highest BCUT2D eigenvalue weighted by Crippen LogP contribution is 2.24.